The summed E-state index contributed by atoms with van der Waals surface area (Å²) in [6, 6.07) is 6.02. The van der Waals surface area contributed by atoms with Crippen LogP contribution in [0.1, 0.15) is 32.6 Å². The Labute approximate surface area is 180 Å². The Morgan fingerprint density at radius 2 is 1.59 bits per heavy atom. The van der Waals surface area contributed by atoms with E-state index in [9.17, 15) is 24.6 Å². The molecule has 29 heavy (non-hydrogen) atoms. The van der Waals surface area contributed by atoms with Crippen LogP contribution in [0.2, 0.25) is 10.0 Å². The summed E-state index contributed by atoms with van der Waals surface area (Å²) in [5.74, 6) is -2.96. The lowest BCUT2D eigenvalue weighted by atomic mass is 10.1. The minimum Gasteiger partial charge on any atom is -0.545 e. The molecule has 2 atom stereocenters. The van der Waals surface area contributed by atoms with Gasteiger partial charge in [0.25, 0.3) is 0 Å². The summed E-state index contributed by atoms with van der Waals surface area (Å²) in [4.78, 5) is 35.5. The van der Waals surface area contributed by atoms with Crippen molar-refractivity contribution in [1.29, 1.82) is 0 Å². The van der Waals surface area contributed by atoms with Crippen LogP contribution in [0.5, 0.6) is 0 Å². The van der Waals surface area contributed by atoms with Gasteiger partial charge in [0.2, 0.25) is 5.91 Å². The Morgan fingerprint density at radius 3 is 2.03 bits per heavy atom. The van der Waals surface area contributed by atoms with E-state index < -0.39 is 11.9 Å². The van der Waals surface area contributed by atoms with Crippen LogP contribution < -0.4 is 15.1 Å². The molecule has 1 aliphatic rings. The van der Waals surface area contributed by atoms with E-state index in [1.165, 1.54) is 0 Å². The molecule has 0 saturated heterocycles. The fourth-order valence-corrected chi connectivity index (χ4v) is 3.58. The molecule has 1 saturated carbocycles. The third-order valence-electron chi connectivity index (χ3n) is 4.55. The molecular formula is C20H24Cl2N2O5-2. The molecule has 0 bridgehead atoms. The molecule has 0 aliphatic heterocycles. The lowest BCUT2D eigenvalue weighted by Crippen LogP contribution is -2.49. The zero-order chi connectivity index (χ0) is 22.1. The Morgan fingerprint density at radius 1 is 1.03 bits per heavy atom. The predicted octanol–water partition coefficient (Wildman–Crippen LogP) is 1.26. The van der Waals surface area contributed by atoms with Gasteiger partial charge in [-0.2, -0.15) is 0 Å². The van der Waals surface area contributed by atoms with Crippen LogP contribution in [0.4, 0.5) is 5.69 Å². The summed E-state index contributed by atoms with van der Waals surface area (Å²) in [6.07, 6.45) is 4.53. The SMILES string of the molecule is CCC(=O)N(c1ccc(Cl)c(Cl)c1)[C@@H]1CCC[C@H]1N(C)C.O=C([O-])/C=C\C(=O)[O-]. The molecule has 1 aromatic carbocycles. The number of anilines is 1. The number of halogens is 2. The molecule has 0 unspecified atom stereocenters. The number of carbonyl (C=O) groups is 3. The maximum atomic E-state index is 12.5. The summed E-state index contributed by atoms with van der Waals surface area (Å²) in [5, 5.41) is 19.8. The molecule has 160 valence electrons. The number of hydrogen-bond acceptors (Lipinski definition) is 6. The van der Waals surface area contributed by atoms with Gasteiger partial charge in [0.1, 0.15) is 0 Å². The van der Waals surface area contributed by atoms with E-state index in [1.807, 2.05) is 17.9 Å². The minimum atomic E-state index is -1.55. The van der Waals surface area contributed by atoms with Gasteiger partial charge >= 0.3 is 0 Å². The average Bonchev–Trinajstić information content (AvgIpc) is 3.13. The summed E-state index contributed by atoms with van der Waals surface area (Å²) >= 11 is 12.1. The molecule has 0 heterocycles. The van der Waals surface area contributed by atoms with Crippen LogP contribution >= 0.6 is 23.2 Å². The molecule has 0 aromatic heterocycles. The van der Waals surface area contributed by atoms with Crippen molar-refractivity contribution in [2.75, 3.05) is 19.0 Å². The van der Waals surface area contributed by atoms with E-state index in [0.717, 1.165) is 24.9 Å². The van der Waals surface area contributed by atoms with Crippen molar-refractivity contribution in [3.8, 4) is 0 Å². The molecule has 1 aromatic rings. The summed E-state index contributed by atoms with van der Waals surface area (Å²) in [6.45, 7) is 1.90. The Kier molecular flexibility index (Phi) is 10.2. The largest absolute Gasteiger partial charge is 0.545 e. The van der Waals surface area contributed by atoms with Gasteiger partial charge in [0, 0.05) is 18.2 Å². The number of rotatable bonds is 6. The van der Waals surface area contributed by atoms with Gasteiger partial charge in [0.05, 0.1) is 28.0 Å². The lowest BCUT2D eigenvalue weighted by Gasteiger charge is -2.36. The van der Waals surface area contributed by atoms with Crippen LogP contribution in [0.15, 0.2) is 30.4 Å². The molecule has 1 aliphatic carbocycles. The van der Waals surface area contributed by atoms with Gasteiger partial charge in [-0.3, -0.25) is 4.79 Å². The highest BCUT2D eigenvalue weighted by Crippen LogP contribution is 2.34. The Hall–Kier alpha value is -2.09. The van der Waals surface area contributed by atoms with Crippen LogP contribution in [0.25, 0.3) is 0 Å². The maximum Gasteiger partial charge on any atom is 0.227 e. The van der Waals surface area contributed by atoms with E-state index in [1.54, 1.807) is 12.1 Å². The van der Waals surface area contributed by atoms with Crippen LogP contribution in [0, 0.1) is 0 Å². The van der Waals surface area contributed by atoms with Crippen LogP contribution in [0.3, 0.4) is 0 Å². The topological polar surface area (TPSA) is 104 Å². The highest BCUT2D eigenvalue weighted by atomic mass is 35.5. The second-order valence-electron chi connectivity index (χ2n) is 6.72. The summed E-state index contributed by atoms with van der Waals surface area (Å²) in [5.41, 5.74) is 0.843. The van der Waals surface area contributed by atoms with E-state index >= 15 is 0 Å². The van der Waals surface area contributed by atoms with E-state index in [-0.39, 0.29) is 11.9 Å². The number of aliphatic carboxylic acids is 2. The smallest absolute Gasteiger partial charge is 0.227 e. The highest BCUT2D eigenvalue weighted by molar-refractivity contribution is 6.42. The molecule has 1 amide bonds. The molecule has 0 N–H and O–H groups in total. The van der Waals surface area contributed by atoms with Crippen LogP contribution in [-0.2, 0) is 14.4 Å². The van der Waals surface area contributed by atoms with Crippen molar-refractivity contribution in [2.24, 2.45) is 0 Å². The normalized spacial score (nSPS) is 18.4. The van der Waals surface area contributed by atoms with E-state index in [2.05, 4.69) is 19.0 Å². The fraction of sp³-hybridized carbons (Fsp3) is 0.450. The van der Waals surface area contributed by atoms with E-state index in [0.29, 0.717) is 34.7 Å². The third-order valence-corrected chi connectivity index (χ3v) is 5.29. The number of hydrogen-bond donors (Lipinski definition) is 0. The number of carboxylic acids is 2. The van der Waals surface area contributed by atoms with Gasteiger partial charge in [-0.25, -0.2) is 0 Å². The first-order chi connectivity index (χ1) is 13.6. The zero-order valence-electron chi connectivity index (χ0n) is 16.6. The number of benzene rings is 1. The van der Waals surface area contributed by atoms with Crippen molar-refractivity contribution < 1.29 is 24.6 Å². The average molecular weight is 443 g/mol. The number of carboxylic acid groups (broad SMARTS) is 2. The Bertz CT molecular complexity index is 751. The number of nitrogens with zero attached hydrogens (tertiary/aromatic N) is 2. The van der Waals surface area contributed by atoms with Gasteiger partial charge in [-0.15, -0.1) is 0 Å². The van der Waals surface area contributed by atoms with Crippen molar-refractivity contribution >= 4 is 46.7 Å². The molecule has 7 nitrogen and oxygen atoms in total. The van der Waals surface area contributed by atoms with Crippen molar-refractivity contribution in [3.63, 3.8) is 0 Å². The molecule has 0 spiro atoms. The first kappa shape index (κ1) is 24.9. The van der Waals surface area contributed by atoms with Gasteiger partial charge in [-0.05, 0) is 63.7 Å². The van der Waals surface area contributed by atoms with Gasteiger partial charge in [0.15, 0.2) is 0 Å². The second kappa shape index (κ2) is 11.8. The molecule has 9 heteroatoms. The van der Waals surface area contributed by atoms with Gasteiger partial charge in [-0.1, -0.05) is 30.1 Å². The summed E-state index contributed by atoms with van der Waals surface area (Å²) in [7, 11) is 4.15. The first-order valence-electron chi connectivity index (χ1n) is 9.12. The van der Waals surface area contributed by atoms with E-state index in [4.69, 9.17) is 23.2 Å². The third kappa shape index (κ3) is 7.68. The monoisotopic (exact) mass is 442 g/mol. The molecular weight excluding hydrogens is 419 g/mol. The van der Waals surface area contributed by atoms with Crippen molar-refractivity contribution in [1.82, 2.24) is 4.90 Å². The second-order valence-corrected chi connectivity index (χ2v) is 7.53. The quantitative estimate of drug-likeness (QED) is 0.614. The Balaban J connectivity index is 0.000000447. The minimum absolute atomic E-state index is 0.132. The van der Waals surface area contributed by atoms with Crippen molar-refractivity contribution in [3.05, 3.63) is 40.4 Å². The highest BCUT2D eigenvalue weighted by Gasteiger charge is 2.36. The fourth-order valence-electron chi connectivity index (χ4n) is 3.29. The molecule has 0 radical (unpaired) electrons. The summed E-state index contributed by atoms with van der Waals surface area (Å²) < 4.78 is 0. The predicted molar refractivity (Wildman–Crippen MR) is 109 cm³/mol. The van der Waals surface area contributed by atoms with Gasteiger partial charge < -0.3 is 29.6 Å². The maximum absolute atomic E-state index is 12.5. The lowest BCUT2D eigenvalue weighted by molar-refractivity contribution is -0.301. The number of carbonyl (C=O) groups excluding carboxylic acids is 3. The molecule has 1 fully saturated rings. The zero-order valence-corrected chi connectivity index (χ0v) is 18.1. The standard InChI is InChI=1S/C16H22Cl2N2O.C4H4O4/c1-4-16(21)20(11-8-9-12(17)13(18)10-11)15-7-5-6-14(15)19(2)3;5-3(6)1-2-4(7)8/h8-10,14-15H,4-7H2,1-3H3;1-2H,(H,5,6)(H,7,8)/p-2/b;2-1-/t14-,15-;/m1./s1. The first-order valence-corrected chi connectivity index (χ1v) is 9.87. The van der Waals surface area contributed by atoms with Crippen LogP contribution in [-0.4, -0.2) is 48.9 Å². The van der Waals surface area contributed by atoms with Crippen molar-refractivity contribution in [2.45, 2.75) is 44.7 Å². The molecule has 2 rings (SSSR count). The number of amides is 1. The number of likely N-dealkylation sites (N-methyl/N-ethyl adjacent to an activating group) is 1.